The largest absolute Gasteiger partial charge is 0.385 e. The number of rotatable bonds is 8. The van der Waals surface area contributed by atoms with E-state index in [0.29, 0.717) is 0 Å². The van der Waals surface area contributed by atoms with Crippen molar-refractivity contribution >= 4 is 0 Å². The summed E-state index contributed by atoms with van der Waals surface area (Å²) in [6, 6.07) is 6.74. The average Bonchev–Trinajstić information content (AvgIpc) is 2.31. The minimum Gasteiger partial charge on any atom is -0.385 e. The van der Waals surface area contributed by atoms with Gasteiger partial charge in [-0.3, -0.25) is 0 Å². The Labute approximate surface area is 104 Å². The monoisotopic (exact) mass is 234 g/mol. The van der Waals surface area contributed by atoms with E-state index in [1.807, 2.05) is 0 Å². The van der Waals surface area contributed by atoms with Gasteiger partial charge in [-0.15, -0.1) is 0 Å². The van der Waals surface area contributed by atoms with Crippen LogP contribution >= 0.6 is 0 Å². The predicted octanol–water partition coefficient (Wildman–Crippen LogP) is 3.12. The second-order valence-electron chi connectivity index (χ2n) is 4.71. The standard InChI is InChI=1S/C15H22O2/c1-16-9-3-2-4-10-17-12-13-5-6-14-7-8-15(14)11-13/h5-6,11H,2-4,7-10,12H2,1H3. The van der Waals surface area contributed by atoms with Crippen LogP contribution in [0, 0.1) is 0 Å². The van der Waals surface area contributed by atoms with Crippen molar-refractivity contribution in [2.45, 2.75) is 38.7 Å². The first-order valence-corrected chi connectivity index (χ1v) is 6.57. The fourth-order valence-electron chi connectivity index (χ4n) is 2.16. The lowest BCUT2D eigenvalue weighted by atomic mass is 9.87. The summed E-state index contributed by atoms with van der Waals surface area (Å²) in [6.07, 6.45) is 5.97. The maximum Gasteiger partial charge on any atom is 0.0716 e. The molecule has 1 aliphatic rings. The Morgan fingerprint density at radius 1 is 1.00 bits per heavy atom. The number of unbranched alkanes of at least 4 members (excludes halogenated alkanes) is 2. The molecule has 0 N–H and O–H groups in total. The lowest BCUT2D eigenvalue weighted by Crippen LogP contribution is -2.08. The molecule has 0 aromatic heterocycles. The van der Waals surface area contributed by atoms with Gasteiger partial charge >= 0.3 is 0 Å². The lowest BCUT2D eigenvalue weighted by Gasteiger charge is -2.19. The zero-order valence-electron chi connectivity index (χ0n) is 10.7. The van der Waals surface area contributed by atoms with Crippen molar-refractivity contribution in [2.75, 3.05) is 20.3 Å². The van der Waals surface area contributed by atoms with E-state index in [1.54, 1.807) is 7.11 Å². The Balaban J connectivity index is 1.57. The molecule has 0 amide bonds. The summed E-state index contributed by atoms with van der Waals surface area (Å²) in [5.41, 5.74) is 4.36. The summed E-state index contributed by atoms with van der Waals surface area (Å²) >= 11 is 0. The molecular formula is C15H22O2. The molecule has 0 bridgehead atoms. The number of methoxy groups -OCH3 is 1. The molecule has 0 atom stereocenters. The van der Waals surface area contributed by atoms with Crippen LogP contribution in [0.2, 0.25) is 0 Å². The van der Waals surface area contributed by atoms with E-state index in [4.69, 9.17) is 9.47 Å². The van der Waals surface area contributed by atoms with Gasteiger partial charge in [-0.05, 0) is 48.8 Å². The highest BCUT2D eigenvalue weighted by Gasteiger charge is 2.12. The summed E-state index contributed by atoms with van der Waals surface area (Å²) in [7, 11) is 1.75. The lowest BCUT2D eigenvalue weighted by molar-refractivity contribution is 0.113. The molecule has 1 aliphatic carbocycles. The number of benzene rings is 1. The zero-order chi connectivity index (χ0) is 11.9. The topological polar surface area (TPSA) is 18.5 Å². The molecule has 1 aromatic rings. The van der Waals surface area contributed by atoms with E-state index in [1.165, 1.54) is 36.0 Å². The molecule has 2 rings (SSSR count). The van der Waals surface area contributed by atoms with E-state index < -0.39 is 0 Å². The van der Waals surface area contributed by atoms with Crippen molar-refractivity contribution in [1.29, 1.82) is 0 Å². The molecule has 0 saturated heterocycles. The molecule has 1 aromatic carbocycles. The minimum atomic E-state index is 0.761. The summed E-state index contributed by atoms with van der Waals surface area (Å²) in [5, 5.41) is 0. The minimum absolute atomic E-state index is 0.761. The van der Waals surface area contributed by atoms with Crippen molar-refractivity contribution in [2.24, 2.45) is 0 Å². The SMILES string of the molecule is COCCCCCOCc1ccc2c(c1)CC2. The van der Waals surface area contributed by atoms with E-state index in [0.717, 1.165) is 32.7 Å². The highest BCUT2D eigenvalue weighted by atomic mass is 16.5. The van der Waals surface area contributed by atoms with Crippen LogP contribution in [0.15, 0.2) is 18.2 Å². The van der Waals surface area contributed by atoms with Gasteiger partial charge in [-0.2, -0.15) is 0 Å². The normalized spacial score (nSPS) is 13.2. The molecule has 0 aliphatic heterocycles. The highest BCUT2D eigenvalue weighted by molar-refractivity contribution is 5.38. The molecule has 2 heteroatoms. The van der Waals surface area contributed by atoms with Crippen LogP contribution in [0.5, 0.6) is 0 Å². The van der Waals surface area contributed by atoms with Crippen LogP contribution in [0.1, 0.15) is 36.0 Å². The highest BCUT2D eigenvalue weighted by Crippen LogP contribution is 2.23. The molecule has 0 radical (unpaired) electrons. The van der Waals surface area contributed by atoms with Crippen molar-refractivity contribution in [3.8, 4) is 0 Å². The molecule has 2 nitrogen and oxygen atoms in total. The van der Waals surface area contributed by atoms with Crippen LogP contribution < -0.4 is 0 Å². The van der Waals surface area contributed by atoms with Gasteiger partial charge in [0.25, 0.3) is 0 Å². The molecular weight excluding hydrogens is 212 g/mol. The second-order valence-corrected chi connectivity index (χ2v) is 4.71. The zero-order valence-corrected chi connectivity index (χ0v) is 10.7. The van der Waals surface area contributed by atoms with E-state index in [-0.39, 0.29) is 0 Å². The fraction of sp³-hybridized carbons (Fsp3) is 0.600. The van der Waals surface area contributed by atoms with Crippen molar-refractivity contribution in [1.82, 2.24) is 0 Å². The molecule has 0 unspecified atom stereocenters. The second kappa shape index (κ2) is 6.77. The smallest absolute Gasteiger partial charge is 0.0716 e. The number of fused-ring (bicyclic) bond motifs is 1. The summed E-state index contributed by atoms with van der Waals surface area (Å²) in [5.74, 6) is 0. The Morgan fingerprint density at radius 2 is 1.82 bits per heavy atom. The molecule has 17 heavy (non-hydrogen) atoms. The third-order valence-corrected chi connectivity index (χ3v) is 3.34. The summed E-state index contributed by atoms with van der Waals surface area (Å²) in [6.45, 7) is 2.49. The van der Waals surface area contributed by atoms with Gasteiger partial charge in [0, 0.05) is 20.3 Å². The van der Waals surface area contributed by atoms with Crippen molar-refractivity contribution in [3.05, 3.63) is 34.9 Å². The number of aryl methyl sites for hydroxylation is 2. The van der Waals surface area contributed by atoms with Gasteiger partial charge in [0.15, 0.2) is 0 Å². The van der Waals surface area contributed by atoms with Crippen LogP contribution in [-0.2, 0) is 28.9 Å². The Bertz CT molecular complexity index is 347. The summed E-state index contributed by atoms with van der Waals surface area (Å²) in [4.78, 5) is 0. The van der Waals surface area contributed by atoms with Crippen LogP contribution in [0.4, 0.5) is 0 Å². The third kappa shape index (κ3) is 3.83. The van der Waals surface area contributed by atoms with Crippen LogP contribution in [0.3, 0.4) is 0 Å². The van der Waals surface area contributed by atoms with E-state index in [2.05, 4.69) is 18.2 Å². The Hall–Kier alpha value is -0.860. The van der Waals surface area contributed by atoms with Crippen molar-refractivity contribution < 1.29 is 9.47 Å². The number of hydrogen-bond acceptors (Lipinski definition) is 2. The van der Waals surface area contributed by atoms with Crippen LogP contribution in [-0.4, -0.2) is 20.3 Å². The first-order valence-electron chi connectivity index (χ1n) is 6.57. The van der Waals surface area contributed by atoms with Gasteiger partial charge in [0.1, 0.15) is 0 Å². The van der Waals surface area contributed by atoms with Gasteiger partial charge < -0.3 is 9.47 Å². The molecule has 0 fully saturated rings. The van der Waals surface area contributed by atoms with Gasteiger partial charge in [-0.25, -0.2) is 0 Å². The number of hydrogen-bond donors (Lipinski definition) is 0. The molecule has 0 saturated carbocycles. The summed E-state index contributed by atoms with van der Waals surface area (Å²) < 4.78 is 10.7. The molecule has 0 spiro atoms. The van der Waals surface area contributed by atoms with Gasteiger partial charge in [-0.1, -0.05) is 18.2 Å². The van der Waals surface area contributed by atoms with E-state index in [9.17, 15) is 0 Å². The van der Waals surface area contributed by atoms with Crippen LogP contribution in [0.25, 0.3) is 0 Å². The van der Waals surface area contributed by atoms with Gasteiger partial charge in [0.2, 0.25) is 0 Å². The van der Waals surface area contributed by atoms with E-state index >= 15 is 0 Å². The third-order valence-electron chi connectivity index (χ3n) is 3.34. The Morgan fingerprint density at radius 3 is 2.53 bits per heavy atom. The Kier molecular flexibility index (Phi) is 5.02. The average molecular weight is 234 g/mol. The molecule has 94 valence electrons. The molecule has 0 heterocycles. The maximum atomic E-state index is 5.68. The van der Waals surface area contributed by atoms with Crippen molar-refractivity contribution in [3.63, 3.8) is 0 Å². The predicted molar refractivity (Wildman–Crippen MR) is 69.2 cm³/mol. The first-order chi connectivity index (χ1) is 8.40. The fourth-order valence-corrected chi connectivity index (χ4v) is 2.16. The number of ether oxygens (including phenoxy) is 2. The maximum absolute atomic E-state index is 5.68. The first kappa shape index (κ1) is 12.6. The quantitative estimate of drug-likeness (QED) is 0.643. The van der Waals surface area contributed by atoms with Gasteiger partial charge in [0.05, 0.1) is 6.61 Å².